The van der Waals surface area contributed by atoms with Crippen molar-refractivity contribution >= 4 is 35.2 Å². The quantitative estimate of drug-likeness (QED) is 0.841. The van der Waals surface area contributed by atoms with E-state index in [2.05, 4.69) is 4.98 Å². The summed E-state index contributed by atoms with van der Waals surface area (Å²) in [6.45, 7) is 0.632. The van der Waals surface area contributed by atoms with E-state index in [1.807, 2.05) is 12.1 Å². The molecule has 0 atom stereocenters. The molecule has 0 saturated heterocycles. The summed E-state index contributed by atoms with van der Waals surface area (Å²) in [6, 6.07) is 5.24. The van der Waals surface area contributed by atoms with Crippen molar-refractivity contribution in [3.63, 3.8) is 0 Å². The SMILES string of the molecule is O=c1ccn(Cc2ccc(Cl)s2)c(=S)[nH]1. The van der Waals surface area contributed by atoms with Gasteiger partial charge in [0.05, 0.1) is 10.9 Å². The number of hydrogen-bond donors (Lipinski definition) is 1. The molecule has 2 rings (SSSR count). The van der Waals surface area contributed by atoms with Gasteiger partial charge in [0.1, 0.15) is 0 Å². The first-order valence-electron chi connectivity index (χ1n) is 4.19. The Morgan fingerprint density at radius 2 is 2.27 bits per heavy atom. The van der Waals surface area contributed by atoms with Crippen LogP contribution in [0, 0.1) is 4.77 Å². The highest BCUT2D eigenvalue weighted by Crippen LogP contribution is 2.21. The molecular weight excluding hydrogens is 252 g/mol. The summed E-state index contributed by atoms with van der Waals surface area (Å²) in [7, 11) is 0. The van der Waals surface area contributed by atoms with Crippen LogP contribution >= 0.6 is 35.2 Å². The van der Waals surface area contributed by atoms with E-state index in [1.54, 1.807) is 10.8 Å². The topological polar surface area (TPSA) is 37.8 Å². The van der Waals surface area contributed by atoms with Crippen molar-refractivity contribution in [1.29, 1.82) is 0 Å². The molecule has 0 aliphatic heterocycles. The van der Waals surface area contributed by atoms with Gasteiger partial charge in [-0.1, -0.05) is 11.6 Å². The van der Waals surface area contributed by atoms with Crippen molar-refractivity contribution in [3.8, 4) is 0 Å². The summed E-state index contributed by atoms with van der Waals surface area (Å²) < 4.78 is 2.96. The number of halogens is 1. The Balaban J connectivity index is 2.32. The number of H-pyrrole nitrogens is 1. The van der Waals surface area contributed by atoms with E-state index in [9.17, 15) is 4.79 Å². The minimum absolute atomic E-state index is 0.180. The fraction of sp³-hybridized carbons (Fsp3) is 0.111. The van der Waals surface area contributed by atoms with Gasteiger partial charge in [0, 0.05) is 17.1 Å². The first-order chi connectivity index (χ1) is 7.15. The first kappa shape index (κ1) is 10.6. The van der Waals surface area contributed by atoms with Crippen molar-refractivity contribution in [2.75, 3.05) is 0 Å². The molecule has 15 heavy (non-hydrogen) atoms. The normalized spacial score (nSPS) is 10.5. The van der Waals surface area contributed by atoms with Crippen molar-refractivity contribution in [2.45, 2.75) is 6.54 Å². The van der Waals surface area contributed by atoms with Gasteiger partial charge in [0.25, 0.3) is 5.56 Å². The summed E-state index contributed by atoms with van der Waals surface area (Å²) in [4.78, 5) is 14.6. The predicted molar refractivity (Wildman–Crippen MR) is 64.3 cm³/mol. The molecule has 0 amide bonds. The average molecular weight is 259 g/mol. The fourth-order valence-electron chi connectivity index (χ4n) is 1.17. The molecule has 6 heteroatoms. The van der Waals surface area contributed by atoms with E-state index in [4.69, 9.17) is 23.8 Å². The lowest BCUT2D eigenvalue weighted by atomic mass is 10.4. The van der Waals surface area contributed by atoms with Crippen molar-refractivity contribution < 1.29 is 0 Å². The van der Waals surface area contributed by atoms with Gasteiger partial charge in [0.15, 0.2) is 4.77 Å². The van der Waals surface area contributed by atoms with Crippen LogP contribution in [-0.2, 0) is 6.54 Å². The highest BCUT2D eigenvalue weighted by Gasteiger charge is 1.99. The molecule has 0 aliphatic rings. The fourth-order valence-corrected chi connectivity index (χ4v) is 2.49. The zero-order valence-electron chi connectivity index (χ0n) is 7.57. The lowest BCUT2D eigenvalue weighted by Crippen LogP contribution is -2.11. The van der Waals surface area contributed by atoms with Gasteiger partial charge < -0.3 is 4.57 Å². The molecule has 0 aromatic carbocycles. The second kappa shape index (κ2) is 4.30. The van der Waals surface area contributed by atoms with E-state index >= 15 is 0 Å². The molecule has 0 fully saturated rings. The number of thiophene rings is 1. The summed E-state index contributed by atoms with van der Waals surface area (Å²) in [5.74, 6) is 0. The zero-order chi connectivity index (χ0) is 10.8. The van der Waals surface area contributed by atoms with Crippen LogP contribution in [0.4, 0.5) is 0 Å². The van der Waals surface area contributed by atoms with Gasteiger partial charge >= 0.3 is 0 Å². The molecule has 0 aliphatic carbocycles. The van der Waals surface area contributed by atoms with Gasteiger partial charge in [-0.05, 0) is 24.4 Å². The van der Waals surface area contributed by atoms with E-state index < -0.39 is 0 Å². The number of nitrogens with one attached hydrogen (secondary N) is 1. The molecule has 0 saturated carbocycles. The monoisotopic (exact) mass is 258 g/mol. The number of rotatable bonds is 2. The summed E-state index contributed by atoms with van der Waals surface area (Å²) >= 11 is 12.3. The van der Waals surface area contributed by atoms with Crippen LogP contribution in [0.3, 0.4) is 0 Å². The van der Waals surface area contributed by atoms with Gasteiger partial charge in [-0.2, -0.15) is 0 Å². The third-order valence-corrected chi connectivity index (χ3v) is 3.40. The Kier molecular flexibility index (Phi) is 3.04. The van der Waals surface area contributed by atoms with E-state index in [-0.39, 0.29) is 5.56 Å². The largest absolute Gasteiger partial charge is 0.320 e. The second-order valence-electron chi connectivity index (χ2n) is 2.94. The lowest BCUT2D eigenvalue weighted by Gasteiger charge is -2.02. The third kappa shape index (κ3) is 2.56. The van der Waals surface area contributed by atoms with E-state index in [0.717, 1.165) is 9.21 Å². The Hall–Kier alpha value is -0.910. The van der Waals surface area contributed by atoms with Crippen LogP contribution in [0.1, 0.15) is 4.88 Å². The van der Waals surface area contributed by atoms with Crippen LogP contribution < -0.4 is 5.56 Å². The highest BCUT2D eigenvalue weighted by molar-refractivity contribution is 7.71. The zero-order valence-corrected chi connectivity index (χ0v) is 9.96. The maximum atomic E-state index is 10.9. The average Bonchev–Trinajstić information content (AvgIpc) is 2.56. The van der Waals surface area contributed by atoms with Crippen LogP contribution in [0.2, 0.25) is 4.34 Å². The predicted octanol–water partition coefficient (Wildman–Crippen LogP) is 2.67. The third-order valence-electron chi connectivity index (χ3n) is 1.85. The van der Waals surface area contributed by atoms with Crippen LogP contribution in [0.25, 0.3) is 0 Å². The summed E-state index contributed by atoms with van der Waals surface area (Å²) in [5, 5.41) is 0. The number of aromatic amines is 1. The Labute approximate surface area is 100.0 Å². The molecule has 0 radical (unpaired) electrons. The maximum absolute atomic E-state index is 10.9. The second-order valence-corrected chi connectivity index (χ2v) is 5.13. The van der Waals surface area contributed by atoms with Crippen LogP contribution in [0.15, 0.2) is 29.2 Å². The number of aromatic nitrogens is 2. The Bertz CT molecular complexity index is 584. The van der Waals surface area contributed by atoms with Gasteiger partial charge in [-0.25, -0.2) is 0 Å². The number of hydrogen-bond acceptors (Lipinski definition) is 3. The molecular formula is C9H7ClN2OS2. The van der Waals surface area contributed by atoms with Gasteiger partial charge in [-0.3, -0.25) is 9.78 Å². The van der Waals surface area contributed by atoms with E-state index in [1.165, 1.54) is 17.4 Å². The highest BCUT2D eigenvalue weighted by atomic mass is 35.5. The molecule has 0 bridgehead atoms. The smallest absolute Gasteiger partial charge is 0.251 e. The molecule has 3 nitrogen and oxygen atoms in total. The van der Waals surface area contributed by atoms with Crippen molar-refractivity contribution in [1.82, 2.24) is 9.55 Å². The van der Waals surface area contributed by atoms with E-state index in [0.29, 0.717) is 11.3 Å². The Morgan fingerprint density at radius 1 is 1.47 bits per heavy atom. The molecule has 2 aromatic heterocycles. The molecule has 1 N–H and O–H groups in total. The lowest BCUT2D eigenvalue weighted by molar-refractivity contribution is 0.754. The Morgan fingerprint density at radius 3 is 2.87 bits per heavy atom. The molecule has 0 spiro atoms. The molecule has 0 unspecified atom stereocenters. The van der Waals surface area contributed by atoms with Gasteiger partial charge in [0.2, 0.25) is 0 Å². The standard InChI is InChI=1S/C9H7ClN2OS2/c10-7-2-1-6(15-7)5-12-4-3-8(13)11-9(12)14/h1-4H,5H2,(H,11,13,14). The van der Waals surface area contributed by atoms with Crippen molar-refractivity contribution in [2.24, 2.45) is 0 Å². The molecule has 2 aromatic rings. The summed E-state index contributed by atoms with van der Waals surface area (Å²) in [5.41, 5.74) is -0.180. The van der Waals surface area contributed by atoms with Crippen LogP contribution in [0.5, 0.6) is 0 Å². The minimum Gasteiger partial charge on any atom is -0.320 e. The maximum Gasteiger partial charge on any atom is 0.251 e. The summed E-state index contributed by atoms with van der Waals surface area (Å²) in [6.07, 6.45) is 1.68. The van der Waals surface area contributed by atoms with Crippen LogP contribution in [-0.4, -0.2) is 9.55 Å². The number of nitrogens with zero attached hydrogens (tertiary/aromatic N) is 1. The van der Waals surface area contributed by atoms with Gasteiger partial charge in [-0.15, -0.1) is 11.3 Å². The minimum atomic E-state index is -0.180. The van der Waals surface area contributed by atoms with Crippen molar-refractivity contribution in [3.05, 3.63) is 48.7 Å². The first-order valence-corrected chi connectivity index (χ1v) is 5.79. The molecule has 78 valence electrons. The molecule has 2 heterocycles.